The molecule has 76 valence electrons. The zero-order valence-corrected chi connectivity index (χ0v) is 8.05. The molecule has 3 nitrogen and oxygen atoms in total. The predicted octanol–water partition coefficient (Wildman–Crippen LogP) is 1.59. The Hall–Kier alpha value is -1.32. The Morgan fingerprint density at radius 2 is 2.29 bits per heavy atom. The zero-order valence-electron chi connectivity index (χ0n) is 8.05. The first-order valence-electron chi connectivity index (χ1n) is 4.40. The fourth-order valence-electron chi connectivity index (χ4n) is 1.23. The first kappa shape index (κ1) is 10.8. The van der Waals surface area contributed by atoms with Crippen molar-refractivity contribution in [3.8, 4) is 0 Å². The van der Waals surface area contributed by atoms with Gasteiger partial charge in [0.05, 0.1) is 19.1 Å². The Balaban J connectivity index is 2.99. The van der Waals surface area contributed by atoms with Crippen LogP contribution in [0.25, 0.3) is 0 Å². The second-order valence-corrected chi connectivity index (χ2v) is 2.92. The van der Waals surface area contributed by atoms with E-state index in [4.69, 9.17) is 9.52 Å². The van der Waals surface area contributed by atoms with Gasteiger partial charge in [-0.25, -0.2) is 0 Å². The molecule has 0 radical (unpaired) electrons. The van der Waals surface area contributed by atoms with E-state index in [2.05, 4.69) is 0 Å². The van der Waals surface area contributed by atoms with Gasteiger partial charge in [-0.15, -0.1) is 0 Å². The van der Waals surface area contributed by atoms with Crippen molar-refractivity contribution >= 4 is 0 Å². The van der Waals surface area contributed by atoms with E-state index in [9.17, 15) is 5.11 Å². The maximum atomic E-state index is 10.2. The molecule has 14 heavy (non-hydrogen) atoms. The molecule has 1 unspecified atom stereocenters. The molecule has 2 N–H and O–H groups in total. The van der Waals surface area contributed by atoms with Crippen molar-refractivity contribution in [1.82, 2.24) is 0 Å². The number of hydrogen-bond acceptors (Lipinski definition) is 3. The van der Waals surface area contributed by atoms with Gasteiger partial charge in [0, 0.05) is 5.56 Å². The Labute approximate surface area is 83.0 Å². The van der Waals surface area contributed by atoms with Crippen LogP contribution in [-0.4, -0.2) is 16.8 Å². The lowest BCUT2D eigenvalue weighted by molar-refractivity contribution is 0.141. The van der Waals surface area contributed by atoms with Crippen molar-refractivity contribution in [2.24, 2.45) is 0 Å². The number of aliphatic hydroxyl groups is 2. The van der Waals surface area contributed by atoms with E-state index in [0.29, 0.717) is 5.56 Å². The first-order chi connectivity index (χ1) is 6.73. The summed E-state index contributed by atoms with van der Waals surface area (Å²) in [7, 11) is 0. The standard InChI is InChI=1S/C11H14O3/c1-2-5-11(13,6-3-7-12)10-4-8-14-9-10/h2-6,8-9,12-13H,7H2,1H3. The van der Waals surface area contributed by atoms with Gasteiger partial charge < -0.3 is 14.6 Å². The minimum atomic E-state index is -1.19. The van der Waals surface area contributed by atoms with Crippen molar-refractivity contribution in [3.05, 3.63) is 48.5 Å². The van der Waals surface area contributed by atoms with Gasteiger partial charge in [0.25, 0.3) is 0 Å². The molecule has 1 rings (SSSR count). The van der Waals surface area contributed by atoms with Crippen molar-refractivity contribution in [2.75, 3.05) is 6.61 Å². The molecule has 1 aromatic heterocycles. The third-order valence-electron chi connectivity index (χ3n) is 1.88. The van der Waals surface area contributed by atoms with Gasteiger partial charge in [0.1, 0.15) is 5.60 Å². The maximum absolute atomic E-state index is 10.2. The van der Waals surface area contributed by atoms with Gasteiger partial charge in [-0.2, -0.15) is 0 Å². The molecule has 1 heterocycles. The highest BCUT2D eigenvalue weighted by atomic mass is 16.3. The summed E-state index contributed by atoms with van der Waals surface area (Å²) in [6.45, 7) is 1.72. The van der Waals surface area contributed by atoms with Crippen LogP contribution in [0.2, 0.25) is 0 Å². The lowest BCUT2D eigenvalue weighted by atomic mass is 9.95. The van der Waals surface area contributed by atoms with Gasteiger partial charge in [-0.1, -0.05) is 12.2 Å². The molecule has 3 heteroatoms. The Kier molecular flexibility index (Phi) is 3.68. The van der Waals surface area contributed by atoms with Gasteiger partial charge >= 0.3 is 0 Å². The fourth-order valence-corrected chi connectivity index (χ4v) is 1.23. The van der Waals surface area contributed by atoms with E-state index >= 15 is 0 Å². The van der Waals surface area contributed by atoms with Crippen LogP contribution in [-0.2, 0) is 5.60 Å². The van der Waals surface area contributed by atoms with E-state index in [0.717, 1.165) is 0 Å². The van der Waals surface area contributed by atoms with Crippen molar-refractivity contribution in [2.45, 2.75) is 12.5 Å². The molecule has 0 amide bonds. The lowest BCUT2D eigenvalue weighted by Gasteiger charge is -2.18. The van der Waals surface area contributed by atoms with Gasteiger partial charge in [0.15, 0.2) is 0 Å². The van der Waals surface area contributed by atoms with Crippen LogP contribution >= 0.6 is 0 Å². The smallest absolute Gasteiger partial charge is 0.129 e. The Morgan fingerprint density at radius 3 is 2.79 bits per heavy atom. The number of aliphatic hydroxyl groups excluding tert-OH is 1. The molecule has 1 aromatic rings. The monoisotopic (exact) mass is 194 g/mol. The van der Waals surface area contributed by atoms with Gasteiger partial charge in [-0.3, -0.25) is 0 Å². The second kappa shape index (κ2) is 4.79. The van der Waals surface area contributed by atoms with Crippen molar-refractivity contribution in [3.63, 3.8) is 0 Å². The normalized spacial score (nSPS) is 16.5. The lowest BCUT2D eigenvalue weighted by Crippen LogP contribution is -2.18. The molecule has 0 bridgehead atoms. The SMILES string of the molecule is CC=CC(O)(C=CCO)c1ccoc1. The largest absolute Gasteiger partial charge is 0.472 e. The van der Waals surface area contributed by atoms with Gasteiger partial charge in [-0.05, 0) is 25.1 Å². The highest BCUT2D eigenvalue weighted by Crippen LogP contribution is 2.24. The molecule has 0 aliphatic carbocycles. The molecule has 1 atom stereocenters. The molecule has 0 aromatic carbocycles. The summed E-state index contributed by atoms with van der Waals surface area (Å²) in [5, 5.41) is 18.8. The third-order valence-corrected chi connectivity index (χ3v) is 1.88. The van der Waals surface area contributed by atoms with Crippen LogP contribution in [0.15, 0.2) is 47.3 Å². The number of hydrogen-bond donors (Lipinski definition) is 2. The maximum Gasteiger partial charge on any atom is 0.129 e. The Bertz CT molecular complexity index is 311. The fraction of sp³-hybridized carbons (Fsp3) is 0.273. The second-order valence-electron chi connectivity index (χ2n) is 2.92. The minimum absolute atomic E-state index is 0.0995. The molecule has 0 aliphatic heterocycles. The summed E-state index contributed by atoms with van der Waals surface area (Å²) in [5.74, 6) is 0. The summed E-state index contributed by atoms with van der Waals surface area (Å²) in [6.07, 6.45) is 9.36. The van der Waals surface area contributed by atoms with Gasteiger partial charge in [0.2, 0.25) is 0 Å². The molecule has 0 spiro atoms. The predicted molar refractivity (Wildman–Crippen MR) is 53.6 cm³/mol. The molecule has 0 saturated heterocycles. The topological polar surface area (TPSA) is 53.6 Å². The van der Waals surface area contributed by atoms with Crippen LogP contribution in [0.1, 0.15) is 12.5 Å². The average molecular weight is 194 g/mol. The van der Waals surface area contributed by atoms with E-state index in [-0.39, 0.29) is 6.61 Å². The molecule has 0 aliphatic rings. The third kappa shape index (κ3) is 2.34. The van der Waals surface area contributed by atoms with Crippen LogP contribution in [0, 0.1) is 0 Å². The van der Waals surface area contributed by atoms with E-state index in [1.54, 1.807) is 18.2 Å². The molecular weight excluding hydrogens is 180 g/mol. The molecular formula is C11H14O3. The summed E-state index contributed by atoms with van der Waals surface area (Å²) in [5.41, 5.74) is -0.551. The quantitative estimate of drug-likeness (QED) is 0.716. The van der Waals surface area contributed by atoms with E-state index < -0.39 is 5.60 Å². The van der Waals surface area contributed by atoms with Crippen LogP contribution < -0.4 is 0 Å². The summed E-state index contributed by atoms with van der Waals surface area (Å²) in [4.78, 5) is 0. The Morgan fingerprint density at radius 1 is 1.50 bits per heavy atom. The van der Waals surface area contributed by atoms with Crippen molar-refractivity contribution < 1.29 is 14.6 Å². The first-order valence-corrected chi connectivity index (χ1v) is 4.40. The molecule has 0 fully saturated rings. The van der Waals surface area contributed by atoms with Crippen LogP contribution in [0.5, 0.6) is 0 Å². The van der Waals surface area contributed by atoms with E-state index in [1.807, 2.05) is 6.92 Å². The van der Waals surface area contributed by atoms with Crippen molar-refractivity contribution in [1.29, 1.82) is 0 Å². The highest BCUT2D eigenvalue weighted by molar-refractivity contribution is 5.29. The highest BCUT2D eigenvalue weighted by Gasteiger charge is 2.23. The molecule has 0 saturated carbocycles. The van der Waals surface area contributed by atoms with E-state index in [1.165, 1.54) is 24.7 Å². The zero-order chi connectivity index (χ0) is 10.4. The summed E-state index contributed by atoms with van der Waals surface area (Å²) in [6, 6.07) is 1.68. The average Bonchev–Trinajstić information content (AvgIpc) is 2.68. The summed E-state index contributed by atoms with van der Waals surface area (Å²) >= 11 is 0. The summed E-state index contributed by atoms with van der Waals surface area (Å²) < 4.78 is 4.90. The number of allylic oxidation sites excluding steroid dienone is 1. The van der Waals surface area contributed by atoms with Crippen LogP contribution in [0.3, 0.4) is 0 Å². The van der Waals surface area contributed by atoms with Crippen LogP contribution in [0.4, 0.5) is 0 Å². The number of rotatable bonds is 4. The minimum Gasteiger partial charge on any atom is -0.472 e. The number of furan rings is 1.